The minimum absolute atomic E-state index is 0.257. The van der Waals surface area contributed by atoms with Crippen molar-refractivity contribution in [2.45, 2.75) is 13.0 Å². The first-order chi connectivity index (χ1) is 11.6. The van der Waals surface area contributed by atoms with Crippen LogP contribution in [0.1, 0.15) is 11.1 Å². The van der Waals surface area contributed by atoms with Crippen LogP contribution in [0.2, 0.25) is 0 Å². The van der Waals surface area contributed by atoms with Crippen molar-refractivity contribution < 1.29 is 19.0 Å². The van der Waals surface area contributed by atoms with Crippen molar-refractivity contribution >= 4 is 22.0 Å². The highest BCUT2D eigenvalue weighted by Gasteiger charge is 2.10. The van der Waals surface area contributed by atoms with Crippen LogP contribution in [0.25, 0.3) is 0 Å². The molecule has 2 rings (SSSR count). The molecule has 0 spiro atoms. The van der Waals surface area contributed by atoms with Crippen LogP contribution >= 0.6 is 15.9 Å². The Kier molecular flexibility index (Phi) is 6.93. The first kappa shape index (κ1) is 18.1. The molecule has 0 aliphatic carbocycles. The van der Waals surface area contributed by atoms with Crippen molar-refractivity contribution in [2.75, 3.05) is 20.8 Å². The first-order valence-electron chi connectivity index (χ1n) is 7.49. The van der Waals surface area contributed by atoms with E-state index in [1.165, 1.54) is 0 Å². The summed E-state index contributed by atoms with van der Waals surface area (Å²) in [5.41, 5.74) is 1.96. The summed E-state index contributed by atoms with van der Waals surface area (Å²) < 4.78 is 16.6. The Hall–Kier alpha value is -2.21. The van der Waals surface area contributed by atoms with Gasteiger partial charge < -0.3 is 19.5 Å². The van der Waals surface area contributed by atoms with E-state index in [4.69, 9.17) is 14.2 Å². The van der Waals surface area contributed by atoms with Gasteiger partial charge in [-0.3, -0.25) is 0 Å². The second-order valence-corrected chi connectivity index (χ2v) is 5.89. The fourth-order valence-electron chi connectivity index (χ4n) is 2.16. The molecule has 0 bridgehead atoms. The maximum atomic E-state index is 11.7. The lowest BCUT2D eigenvalue weighted by Crippen LogP contribution is -2.26. The van der Waals surface area contributed by atoms with Gasteiger partial charge in [-0.1, -0.05) is 46.3 Å². The monoisotopic (exact) mass is 393 g/mol. The average Bonchev–Trinajstić information content (AvgIpc) is 2.61. The summed E-state index contributed by atoms with van der Waals surface area (Å²) in [4.78, 5) is 11.7. The Labute approximate surface area is 150 Å². The molecule has 24 heavy (non-hydrogen) atoms. The summed E-state index contributed by atoms with van der Waals surface area (Å²) in [5, 5.41) is 2.74. The van der Waals surface area contributed by atoms with Crippen LogP contribution in [0.15, 0.2) is 46.9 Å². The fourth-order valence-corrected chi connectivity index (χ4v) is 2.68. The number of nitrogens with one attached hydrogen (secondary N) is 1. The van der Waals surface area contributed by atoms with Crippen LogP contribution < -0.4 is 14.8 Å². The lowest BCUT2D eigenvalue weighted by molar-refractivity contribution is 0.140. The van der Waals surface area contributed by atoms with E-state index in [9.17, 15) is 4.79 Å². The maximum Gasteiger partial charge on any atom is 0.407 e. The number of alkyl carbamates (subject to hydrolysis) is 1. The molecule has 2 aromatic rings. The van der Waals surface area contributed by atoms with Crippen LogP contribution in [-0.2, 0) is 17.8 Å². The molecule has 1 N–H and O–H groups in total. The average molecular weight is 394 g/mol. The van der Waals surface area contributed by atoms with E-state index in [1.54, 1.807) is 14.2 Å². The Morgan fingerprint density at radius 3 is 2.42 bits per heavy atom. The molecule has 6 heteroatoms. The Balaban J connectivity index is 1.82. The molecule has 0 aliphatic heterocycles. The van der Waals surface area contributed by atoms with Crippen LogP contribution in [0, 0.1) is 0 Å². The van der Waals surface area contributed by atoms with Gasteiger partial charge in [-0.15, -0.1) is 0 Å². The van der Waals surface area contributed by atoms with Crippen molar-refractivity contribution in [2.24, 2.45) is 0 Å². The summed E-state index contributed by atoms with van der Waals surface area (Å²) in [5.74, 6) is 1.31. The van der Waals surface area contributed by atoms with Crippen LogP contribution in [0.5, 0.6) is 11.5 Å². The highest BCUT2D eigenvalue weighted by Crippen LogP contribution is 2.33. The zero-order chi connectivity index (χ0) is 17.4. The maximum absolute atomic E-state index is 11.7. The Morgan fingerprint density at radius 1 is 1.08 bits per heavy atom. The van der Waals surface area contributed by atoms with Gasteiger partial charge in [0.1, 0.15) is 6.61 Å². The summed E-state index contributed by atoms with van der Waals surface area (Å²) >= 11 is 3.50. The molecule has 0 atom stereocenters. The zero-order valence-electron chi connectivity index (χ0n) is 13.7. The number of carbonyl (C=O) groups excluding carboxylic acids is 1. The topological polar surface area (TPSA) is 56.8 Å². The van der Waals surface area contributed by atoms with Crippen molar-refractivity contribution in [3.05, 3.63) is 58.1 Å². The third-order valence-corrected chi connectivity index (χ3v) is 4.17. The van der Waals surface area contributed by atoms with E-state index in [0.717, 1.165) is 15.6 Å². The molecule has 0 heterocycles. The number of ether oxygens (including phenoxy) is 3. The summed E-state index contributed by atoms with van der Waals surface area (Å²) in [6.45, 7) is 0.717. The van der Waals surface area contributed by atoms with E-state index in [-0.39, 0.29) is 6.61 Å². The number of benzene rings is 2. The first-order valence-corrected chi connectivity index (χ1v) is 8.28. The number of rotatable bonds is 7. The molecule has 0 radical (unpaired) electrons. The molecule has 0 saturated heterocycles. The molecule has 128 valence electrons. The quantitative estimate of drug-likeness (QED) is 0.773. The number of hydrogen-bond acceptors (Lipinski definition) is 4. The van der Waals surface area contributed by atoms with Crippen molar-refractivity contribution in [3.8, 4) is 11.5 Å². The summed E-state index contributed by atoms with van der Waals surface area (Å²) in [6, 6.07) is 13.3. The van der Waals surface area contributed by atoms with Gasteiger partial charge in [0.05, 0.1) is 14.2 Å². The van der Waals surface area contributed by atoms with E-state index in [1.807, 2.05) is 42.5 Å². The minimum atomic E-state index is -0.435. The van der Waals surface area contributed by atoms with E-state index in [2.05, 4.69) is 21.2 Å². The van der Waals surface area contributed by atoms with Crippen molar-refractivity contribution in [1.82, 2.24) is 5.32 Å². The second kappa shape index (κ2) is 9.17. The highest BCUT2D eigenvalue weighted by molar-refractivity contribution is 9.10. The van der Waals surface area contributed by atoms with Gasteiger partial charge in [0.25, 0.3) is 0 Å². The zero-order valence-corrected chi connectivity index (χ0v) is 15.3. The van der Waals surface area contributed by atoms with E-state index < -0.39 is 6.09 Å². The Morgan fingerprint density at radius 2 is 1.75 bits per heavy atom. The SMILES string of the molecule is COc1cc(Br)c(CCNC(=O)OCc2ccccc2)cc1OC. The molecule has 0 aliphatic rings. The van der Waals surface area contributed by atoms with Gasteiger partial charge in [-0.2, -0.15) is 0 Å². The predicted molar refractivity (Wildman–Crippen MR) is 95.6 cm³/mol. The normalized spacial score (nSPS) is 10.1. The van der Waals surface area contributed by atoms with Gasteiger partial charge in [0.15, 0.2) is 11.5 Å². The highest BCUT2D eigenvalue weighted by atomic mass is 79.9. The number of methoxy groups -OCH3 is 2. The minimum Gasteiger partial charge on any atom is -0.493 e. The molecule has 5 nitrogen and oxygen atoms in total. The molecule has 1 amide bonds. The number of halogens is 1. The Bertz CT molecular complexity index is 676. The summed E-state index contributed by atoms with van der Waals surface area (Å²) in [6.07, 6.45) is 0.205. The predicted octanol–water partition coefficient (Wildman–Crippen LogP) is 3.94. The number of amides is 1. The van der Waals surface area contributed by atoms with Gasteiger partial charge >= 0.3 is 6.09 Å². The van der Waals surface area contributed by atoms with Crippen molar-refractivity contribution in [1.29, 1.82) is 0 Å². The van der Waals surface area contributed by atoms with Crippen LogP contribution in [0.4, 0.5) is 4.79 Å². The molecule has 2 aromatic carbocycles. The largest absolute Gasteiger partial charge is 0.493 e. The number of hydrogen-bond donors (Lipinski definition) is 1. The van der Waals surface area contributed by atoms with Crippen LogP contribution in [0.3, 0.4) is 0 Å². The van der Waals surface area contributed by atoms with E-state index in [0.29, 0.717) is 24.5 Å². The van der Waals surface area contributed by atoms with Gasteiger partial charge in [0, 0.05) is 11.0 Å². The molecule has 0 saturated carbocycles. The molecular formula is C18H20BrNO4. The molecule has 0 aromatic heterocycles. The molecule has 0 fully saturated rings. The second-order valence-electron chi connectivity index (χ2n) is 5.04. The lowest BCUT2D eigenvalue weighted by atomic mass is 10.1. The summed E-state index contributed by atoms with van der Waals surface area (Å²) in [7, 11) is 3.18. The standard InChI is InChI=1S/C18H20BrNO4/c1-22-16-10-14(15(19)11-17(16)23-2)8-9-20-18(21)24-12-13-6-4-3-5-7-13/h3-7,10-11H,8-9,12H2,1-2H3,(H,20,21). The van der Waals surface area contributed by atoms with E-state index >= 15 is 0 Å². The van der Waals surface area contributed by atoms with Crippen LogP contribution in [-0.4, -0.2) is 26.9 Å². The fraction of sp³-hybridized carbons (Fsp3) is 0.278. The third kappa shape index (κ3) is 5.16. The number of carbonyl (C=O) groups is 1. The molecule has 0 unspecified atom stereocenters. The van der Waals surface area contributed by atoms with Gasteiger partial charge in [0.2, 0.25) is 0 Å². The van der Waals surface area contributed by atoms with Gasteiger partial charge in [-0.05, 0) is 29.7 Å². The lowest BCUT2D eigenvalue weighted by Gasteiger charge is -2.12. The third-order valence-electron chi connectivity index (χ3n) is 3.43. The molecular weight excluding hydrogens is 374 g/mol. The van der Waals surface area contributed by atoms with Crippen molar-refractivity contribution in [3.63, 3.8) is 0 Å². The van der Waals surface area contributed by atoms with Gasteiger partial charge in [-0.25, -0.2) is 4.79 Å². The smallest absolute Gasteiger partial charge is 0.407 e.